The number of nitrogens with one attached hydrogen (secondary N) is 1. The summed E-state index contributed by atoms with van der Waals surface area (Å²) in [4.78, 5) is 8.63. The molecule has 2 aromatic rings. The van der Waals surface area contributed by atoms with Crippen LogP contribution in [0.2, 0.25) is 10.0 Å². The first kappa shape index (κ1) is 13.1. The Labute approximate surface area is 116 Å². The highest BCUT2D eigenvalue weighted by molar-refractivity contribution is 6.36. The molecule has 0 spiro atoms. The molecule has 0 atom stereocenters. The fourth-order valence-corrected chi connectivity index (χ4v) is 2.09. The first-order chi connectivity index (χ1) is 8.72. The topological polar surface area (TPSA) is 37.8 Å². The summed E-state index contributed by atoms with van der Waals surface area (Å²) in [7, 11) is 0. The van der Waals surface area contributed by atoms with Gasteiger partial charge in [0, 0.05) is 29.5 Å². The fourth-order valence-electron chi connectivity index (χ4n) is 1.59. The van der Waals surface area contributed by atoms with Crippen molar-refractivity contribution in [2.45, 2.75) is 13.3 Å². The van der Waals surface area contributed by atoms with E-state index in [2.05, 4.69) is 22.2 Å². The van der Waals surface area contributed by atoms with Gasteiger partial charge in [-0.05, 0) is 24.6 Å². The molecule has 0 fully saturated rings. The number of benzene rings is 1. The van der Waals surface area contributed by atoms with E-state index in [-0.39, 0.29) is 0 Å². The van der Waals surface area contributed by atoms with Gasteiger partial charge in [0.05, 0.1) is 5.02 Å². The number of hydrogen-bond acceptors (Lipinski definition) is 3. The Morgan fingerprint density at radius 1 is 1.17 bits per heavy atom. The third-order valence-electron chi connectivity index (χ3n) is 2.43. The Kier molecular flexibility index (Phi) is 4.39. The molecule has 0 aliphatic rings. The van der Waals surface area contributed by atoms with Crippen molar-refractivity contribution < 1.29 is 0 Å². The van der Waals surface area contributed by atoms with E-state index in [0.717, 1.165) is 30.0 Å². The van der Waals surface area contributed by atoms with Crippen molar-refractivity contribution in [1.82, 2.24) is 9.97 Å². The van der Waals surface area contributed by atoms with Crippen LogP contribution < -0.4 is 5.32 Å². The van der Waals surface area contributed by atoms with Gasteiger partial charge < -0.3 is 5.32 Å². The van der Waals surface area contributed by atoms with Crippen molar-refractivity contribution in [2.24, 2.45) is 0 Å². The van der Waals surface area contributed by atoms with Crippen molar-refractivity contribution in [2.75, 3.05) is 11.9 Å². The highest BCUT2D eigenvalue weighted by Gasteiger charge is 2.11. The van der Waals surface area contributed by atoms with E-state index in [4.69, 9.17) is 23.2 Å². The van der Waals surface area contributed by atoms with Gasteiger partial charge in [-0.3, -0.25) is 4.98 Å². The van der Waals surface area contributed by atoms with E-state index in [0.29, 0.717) is 10.0 Å². The Morgan fingerprint density at radius 2 is 1.94 bits per heavy atom. The lowest BCUT2D eigenvalue weighted by molar-refractivity contribution is 0.966. The molecule has 0 aliphatic heterocycles. The highest BCUT2D eigenvalue weighted by Crippen LogP contribution is 2.32. The zero-order valence-electron chi connectivity index (χ0n) is 9.95. The third-order valence-corrected chi connectivity index (χ3v) is 2.97. The number of aromatic nitrogens is 2. The maximum atomic E-state index is 6.19. The number of halogens is 2. The molecular weight excluding hydrogens is 269 g/mol. The molecule has 0 bridgehead atoms. The number of rotatable bonds is 4. The van der Waals surface area contributed by atoms with E-state index in [1.54, 1.807) is 24.5 Å². The van der Waals surface area contributed by atoms with E-state index in [1.165, 1.54) is 0 Å². The second-order valence-corrected chi connectivity index (χ2v) is 4.65. The minimum Gasteiger partial charge on any atom is -0.368 e. The van der Waals surface area contributed by atoms with Crippen LogP contribution in [0.15, 0.2) is 30.6 Å². The van der Waals surface area contributed by atoms with Gasteiger partial charge >= 0.3 is 0 Å². The largest absolute Gasteiger partial charge is 0.368 e. The van der Waals surface area contributed by atoms with Crippen LogP contribution in [0.25, 0.3) is 11.3 Å². The van der Waals surface area contributed by atoms with Crippen LogP contribution in [-0.4, -0.2) is 16.5 Å². The fraction of sp³-hybridized carbons (Fsp3) is 0.231. The summed E-state index contributed by atoms with van der Waals surface area (Å²) in [6.07, 6.45) is 4.33. The minimum absolute atomic E-state index is 0.572. The van der Waals surface area contributed by atoms with Gasteiger partial charge in [0.15, 0.2) is 5.82 Å². The number of hydrogen-bond donors (Lipinski definition) is 1. The molecule has 0 unspecified atom stereocenters. The standard InChI is InChI=1S/C13H13Cl2N3/c1-2-5-17-13-12(16-6-7-18-13)10-4-3-9(14)8-11(10)15/h3-4,6-8H,2,5H2,1H3,(H,17,18). The molecule has 2 rings (SSSR count). The van der Waals surface area contributed by atoms with Crippen LogP contribution in [0.4, 0.5) is 5.82 Å². The SMILES string of the molecule is CCCNc1nccnc1-c1ccc(Cl)cc1Cl. The Morgan fingerprint density at radius 3 is 2.67 bits per heavy atom. The van der Waals surface area contributed by atoms with Crippen LogP contribution in [0.5, 0.6) is 0 Å². The van der Waals surface area contributed by atoms with Gasteiger partial charge in [0.25, 0.3) is 0 Å². The lowest BCUT2D eigenvalue weighted by atomic mass is 10.1. The van der Waals surface area contributed by atoms with Crippen molar-refractivity contribution in [3.8, 4) is 11.3 Å². The average Bonchev–Trinajstić information content (AvgIpc) is 2.37. The van der Waals surface area contributed by atoms with E-state index < -0.39 is 0 Å². The number of nitrogens with zero attached hydrogens (tertiary/aromatic N) is 2. The Hall–Kier alpha value is -1.32. The molecule has 1 aromatic heterocycles. The Balaban J connectivity index is 2.43. The van der Waals surface area contributed by atoms with Crippen LogP contribution >= 0.6 is 23.2 Å². The van der Waals surface area contributed by atoms with Crippen molar-refractivity contribution >= 4 is 29.0 Å². The van der Waals surface area contributed by atoms with Gasteiger partial charge in [-0.25, -0.2) is 4.98 Å². The van der Waals surface area contributed by atoms with Crippen molar-refractivity contribution in [3.63, 3.8) is 0 Å². The van der Waals surface area contributed by atoms with Gasteiger partial charge in [-0.1, -0.05) is 30.1 Å². The monoisotopic (exact) mass is 281 g/mol. The zero-order valence-corrected chi connectivity index (χ0v) is 11.5. The first-order valence-electron chi connectivity index (χ1n) is 5.72. The molecule has 94 valence electrons. The van der Waals surface area contributed by atoms with Crippen LogP contribution in [0, 0.1) is 0 Å². The summed E-state index contributed by atoms with van der Waals surface area (Å²) in [5.74, 6) is 0.739. The average molecular weight is 282 g/mol. The summed E-state index contributed by atoms with van der Waals surface area (Å²) >= 11 is 12.1. The normalized spacial score (nSPS) is 10.4. The van der Waals surface area contributed by atoms with E-state index in [1.807, 2.05) is 6.07 Å². The smallest absolute Gasteiger partial charge is 0.152 e. The Bertz CT molecular complexity index is 544. The summed E-state index contributed by atoms with van der Waals surface area (Å²) in [6.45, 7) is 2.94. The molecule has 1 N–H and O–H groups in total. The van der Waals surface area contributed by atoms with Crippen LogP contribution in [0.1, 0.15) is 13.3 Å². The predicted molar refractivity (Wildman–Crippen MR) is 76.3 cm³/mol. The summed E-state index contributed by atoms with van der Waals surface area (Å²) in [5.41, 5.74) is 1.57. The van der Waals surface area contributed by atoms with Crippen LogP contribution in [0.3, 0.4) is 0 Å². The molecule has 0 aliphatic carbocycles. The second-order valence-electron chi connectivity index (χ2n) is 3.80. The molecule has 1 aromatic carbocycles. The van der Waals surface area contributed by atoms with E-state index >= 15 is 0 Å². The summed E-state index contributed by atoms with van der Waals surface area (Å²) in [5, 5.41) is 4.42. The maximum absolute atomic E-state index is 6.19. The molecule has 0 saturated heterocycles. The lowest BCUT2D eigenvalue weighted by Crippen LogP contribution is -2.04. The number of anilines is 1. The maximum Gasteiger partial charge on any atom is 0.152 e. The molecule has 0 radical (unpaired) electrons. The predicted octanol–water partition coefficient (Wildman–Crippen LogP) is 4.27. The van der Waals surface area contributed by atoms with E-state index in [9.17, 15) is 0 Å². The van der Waals surface area contributed by atoms with Crippen molar-refractivity contribution in [3.05, 3.63) is 40.6 Å². The van der Waals surface area contributed by atoms with Gasteiger partial charge in [0.1, 0.15) is 5.69 Å². The molecule has 5 heteroatoms. The van der Waals surface area contributed by atoms with Crippen LogP contribution in [-0.2, 0) is 0 Å². The molecule has 0 saturated carbocycles. The molecular formula is C13H13Cl2N3. The first-order valence-corrected chi connectivity index (χ1v) is 6.48. The molecule has 1 heterocycles. The summed E-state index contributed by atoms with van der Waals surface area (Å²) < 4.78 is 0. The quantitative estimate of drug-likeness (QED) is 0.909. The lowest BCUT2D eigenvalue weighted by Gasteiger charge is -2.10. The van der Waals surface area contributed by atoms with Gasteiger partial charge in [0.2, 0.25) is 0 Å². The van der Waals surface area contributed by atoms with Gasteiger partial charge in [-0.15, -0.1) is 0 Å². The summed E-state index contributed by atoms with van der Waals surface area (Å²) in [6, 6.07) is 5.35. The third kappa shape index (κ3) is 2.92. The van der Waals surface area contributed by atoms with Gasteiger partial charge in [-0.2, -0.15) is 0 Å². The molecule has 0 amide bonds. The minimum atomic E-state index is 0.572. The van der Waals surface area contributed by atoms with Crippen molar-refractivity contribution in [1.29, 1.82) is 0 Å². The molecule has 3 nitrogen and oxygen atoms in total. The highest BCUT2D eigenvalue weighted by atomic mass is 35.5. The molecule has 18 heavy (non-hydrogen) atoms. The zero-order chi connectivity index (χ0) is 13.0. The second kappa shape index (κ2) is 6.03.